The fraction of sp³-hybridized carbons (Fsp3) is 0.0909. The van der Waals surface area contributed by atoms with Crippen LogP contribution in [0.3, 0.4) is 0 Å². The van der Waals surface area contributed by atoms with E-state index in [1.54, 1.807) is 0 Å². The molecule has 0 aliphatic carbocycles. The summed E-state index contributed by atoms with van der Waals surface area (Å²) < 4.78 is 39.0. The number of aromatic carboxylic acids is 1. The SMILES string of the molecule is O=C(O)c1csc(-c2ccc(Br)cc2C(F)(F)F)n1. The number of hydrogen-bond acceptors (Lipinski definition) is 3. The number of carboxylic acids is 1. The van der Waals surface area contributed by atoms with E-state index in [9.17, 15) is 18.0 Å². The molecule has 0 bridgehead atoms. The first kappa shape index (κ1) is 14.0. The van der Waals surface area contributed by atoms with Gasteiger partial charge in [-0.3, -0.25) is 0 Å². The molecule has 3 nitrogen and oxygen atoms in total. The minimum atomic E-state index is -4.53. The Morgan fingerprint density at radius 1 is 1.37 bits per heavy atom. The second kappa shape index (κ2) is 4.93. The van der Waals surface area contributed by atoms with E-state index >= 15 is 0 Å². The normalized spacial score (nSPS) is 11.6. The van der Waals surface area contributed by atoms with E-state index in [-0.39, 0.29) is 16.3 Å². The molecule has 0 unspecified atom stereocenters. The topological polar surface area (TPSA) is 50.2 Å². The second-order valence-electron chi connectivity index (χ2n) is 3.53. The van der Waals surface area contributed by atoms with Gasteiger partial charge >= 0.3 is 12.1 Å². The zero-order valence-corrected chi connectivity index (χ0v) is 11.4. The Balaban J connectivity index is 2.58. The Kier molecular flexibility index (Phi) is 3.64. The summed E-state index contributed by atoms with van der Waals surface area (Å²) in [5.74, 6) is -1.27. The van der Waals surface area contributed by atoms with E-state index in [2.05, 4.69) is 20.9 Å². The Morgan fingerprint density at radius 3 is 2.58 bits per heavy atom. The molecule has 0 spiro atoms. The standard InChI is InChI=1S/C11H5BrF3NO2S/c12-5-1-2-6(7(3-5)11(13,14)15)9-16-8(4-19-9)10(17)18/h1-4H,(H,17,18). The zero-order chi connectivity index (χ0) is 14.2. The third-order valence-electron chi connectivity index (χ3n) is 2.24. The van der Waals surface area contributed by atoms with Gasteiger partial charge in [0, 0.05) is 15.4 Å². The van der Waals surface area contributed by atoms with Gasteiger partial charge in [-0.05, 0) is 12.1 Å². The molecular formula is C11H5BrF3NO2S. The number of alkyl halides is 3. The molecule has 2 aromatic rings. The highest BCUT2D eigenvalue weighted by atomic mass is 79.9. The molecule has 0 saturated carbocycles. The zero-order valence-electron chi connectivity index (χ0n) is 9.03. The first-order valence-corrected chi connectivity index (χ1v) is 6.52. The highest BCUT2D eigenvalue weighted by Gasteiger charge is 2.34. The molecule has 1 heterocycles. The van der Waals surface area contributed by atoms with Gasteiger partial charge in [0.05, 0.1) is 5.56 Å². The first-order chi connectivity index (χ1) is 8.79. The van der Waals surface area contributed by atoms with Gasteiger partial charge in [-0.1, -0.05) is 22.0 Å². The maximum Gasteiger partial charge on any atom is 0.417 e. The number of hydrogen-bond donors (Lipinski definition) is 1. The van der Waals surface area contributed by atoms with Crippen molar-refractivity contribution in [1.82, 2.24) is 4.98 Å². The average molecular weight is 352 g/mol. The Bertz CT molecular complexity index is 639. The number of halogens is 4. The number of nitrogens with zero attached hydrogens (tertiary/aromatic N) is 1. The van der Waals surface area contributed by atoms with Gasteiger partial charge in [0.2, 0.25) is 0 Å². The third kappa shape index (κ3) is 2.95. The second-order valence-corrected chi connectivity index (χ2v) is 5.30. The van der Waals surface area contributed by atoms with Crippen LogP contribution in [0.25, 0.3) is 10.6 Å². The number of carboxylic acid groups (broad SMARTS) is 1. The number of rotatable bonds is 2. The van der Waals surface area contributed by atoms with Crippen LogP contribution in [-0.4, -0.2) is 16.1 Å². The van der Waals surface area contributed by atoms with E-state index in [0.717, 1.165) is 17.4 Å². The van der Waals surface area contributed by atoms with Crippen LogP contribution in [0.5, 0.6) is 0 Å². The van der Waals surface area contributed by atoms with Gasteiger partial charge in [0.25, 0.3) is 0 Å². The summed E-state index contributed by atoms with van der Waals surface area (Å²) in [6, 6.07) is 3.65. The molecule has 0 saturated heterocycles. The van der Waals surface area contributed by atoms with Gasteiger partial charge < -0.3 is 5.11 Å². The molecule has 1 aromatic heterocycles. The van der Waals surface area contributed by atoms with E-state index in [1.165, 1.54) is 17.5 Å². The Morgan fingerprint density at radius 2 is 2.05 bits per heavy atom. The largest absolute Gasteiger partial charge is 0.476 e. The van der Waals surface area contributed by atoms with E-state index in [1.807, 2.05) is 0 Å². The van der Waals surface area contributed by atoms with Crippen LogP contribution in [0, 0.1) is 0 Å². The van der Waals surface area contributed by atoms with Crippen LogP contribution in [0.2, 0.25) is 0 Å². The molecular weight excluding hydrogens is 347 g/mol. The van der Waals surface area contributed by atoms with Crippen molar-refractivity contribution in [1.29, 1.82) is 0 Å². The lowest BCUT2D eigenvalue weighted by atomic mass is 10.1. The number of thiazole rings is 1. The fourth-order valence-corrected chi connectivity index (χ4v) is 2.63. The molecule has 0 radical (unpaired) electrons. The van der Waals surface area contributed by atoms with Gasteiger partial charge in [-0.2, -0.15) is 13.2 Å². The maximum atomic E-state index is 12.9. The van der Waals surface area contributed by atoms with Crippen molar-refractivity contribution in [2.24, 2.45) is 0 Å². The monoisotopic (exact) mass is 351 g/mol. The van der Waals surface area contributed by atoms with Crippen molar-refractivity contribution in [3.8, 4) is 10.6 Å². The van der Waals surface area contributed by atoms with Crippen LogP contribution < -0.4 is 0 Å². The Hall–Kier alpha value is -1.41. The molecule has 2 rings (SSSR count). The lowest BCUT2D eigenvalue weighted by molar-refractivity contribution is -0.137. The minimum Gasteiger partial charge on any atom is -0.476 e. The number of benzene rings is 1. The van der Waals surface area contributed by atoms with Gasteiger partial charge in [-0.15, -0.1) is 11.3 Å². The number of carbonyl (C=O) groups is 1. The Labute approximate surface area is 117 Å². The van der Waals surface area contributed by atoms with Crippen LogP contribution in [-0.2, 0) is 6.18 Å². The highest BCUT2D eigenvalue weighted by molar-refractivity contribution is 9.10. The predicted molar refractivity (Wildman–Crippen MR) is 67.2 cm³/mol. The van der Waals surface area contributed by atoms with E-state index < -0.39 is 17.7 Å². The molecule has 19 heavy (non-hydrogen) atoms. The summed E-state index contributed by atoms with van der Waals surface area (Å²) in [7, 11) is 0. The molecule has 100 valence electrons. The van der Waals surface area contributed by atoms with Crippen molar-refractivity contribution >= 4 is 33.2 Å². The summed E-state index contributed by atoms with van der Waals surface area (Å²) >= 11 is 3.84. The maximum absolute atomic E-state index is 12.9. The van der Waals surface area contributed by atoms with Crippen LogP contribution in [0.15, 0.2) is 28.1 Å². The van der Waals surface area contributed by atoms with Crippen molar-refractivity contribution in [2.45, 2.75) is 6.18 Å². The summed E-state index contributed by atoms with van der Waals surface area (Å²) in [6.07, 6.45) is -4.53. The molecule has 8 heteroatoms. The molecule has 1 N–H and O–H groups in total. The molecule has 0 aliphatic rings. The van der Waals surface area contributed by atoms with Gasteiger partial charge in [-0.25, -0.2) is 9.78 Å². The van der Waals surface area contributed by atoms with E-state index in [0.29, 0.717) is 4.47 Å². The van der Waals surface area contributed by atoms with Crippen molar-refractivity contribution in [2.75, 3.05) is 0 Å². The average Bonchev–Trinajstić information content (AvgIpc) is 2.77. The highest BCUT2D eigenvalue weighted by Crippen LogP contribution is 2.39. The molecule has 0 amide bonds. The quantitative estimate of drug-likeness (QED) is 0.877. The van der Waals surface area contributed by atoms with Crippen molar-refractivity contribution in [3.63, 3.8) is 0 Å². The van der Waals surface area contributed by atoms with Crippen molar-refractivity contribution in [3.05, 3.63) is 39.3 Å². The lowest BCUT2D eigenvalue weighted by Crippen LogP contribution is -2.07. The smallest absolute Gasteiger partial charge is 0.417 e. The van der Waals surface area contributed by atoms with Crippen LogP contribution >= 0.6 is 27.3 Å². The number of aromatic nitrogens is 1. The molecule has 0 atom stereocenters. The molecule has 0 aliphatic heterocycles. The third-order valence-corrected chi connectivity index (χ3v) is 3.61. The lowest BCUT2D eigenvalue weighted by Gasteiger charge is -2.11. The summed E-state index contributed by atoms with van der Waals surface area (Å²) in [5.41, 5.74) is -1.25. The molecule has 0 fully saturated rings. The van der Waals surface area contributed by atoms with Gasteiger partial charge in [0.1, 0.15) is 5.01 Å². The van der Waals surface area contributed by atoms with Crippen molar-refractivity contribution < 1.29 is 23.1 Å². The van der Waals surface area contributed by atoms with Gasteiger partial charge in [0.15, 0.2) is 5.69 Å². The van der Waals surface area contributed by atoms with Crippen LogP contribution in [0.1, 0.15) is 16.1 Å². The van der Waals surface area contributed by atoms with Crippen LogP contribution in [0.4, 0.5) is 13.2 Å². The summed E-state index contributed by atoms with van der Waals surface area (Å²) in [4.78, 5) is 14.4. The minimum absolute atomic E-state index is 0.0252. The predicted octanol–water partition coefficient (Wildman–Crippen LogP) is 4.29. The summed E-state index contributed by atoms with van der Waals surface area (Å²) in [5, 5.41) is 9.97. The summed E-state index contributed by atoms with van der Waals surface area (Å²) in [6.45, 7) is 0. The van der Waals surface area contributed by atoms with E-state index in [4.69, 9.17) is 5.11 Å². The first-order valence-electron chi connectivity index (χ1n) is 4.85. The fourth-order valence-electron chi connectivity index (χ4n) is 1.43. The molecule has 1 aromatic carbocycles.